The fraction of sp³-hybridized carbons (Fsp3) is 0.579. The Morgan fingerprint density at radius 3 is 2.42 bits per heavy atom. The molecule has 1 fully saturated rings. The van der Waals surface area contributed by atoms with E-state index in [0.717, 1.165) is 25.7 Å². The van der Waals surface area contributed by atoms with Gasteiger partial charge in [0.15, 0.2) is 6.04 Å². The number of unbranched alkanes of at least 4 members (excludes halogenated alkanes) is 1. The number of nitrogens with zero attached hydrogens (tertiary/aromatic N) is 1. The number of carboxylic acid groups (broad SMARTS) is 1. The van der Waals surface area contributed by atoms with Crippen LogP contribution < -0.4 is 0 Å². The van der Waals surface area contributed by atoms with Crippen molar-refractivity contribution in [3.05, 3.63) is 35.9 Å². The first-order valence-electron chi connectivity index (χ1n) is 8.67. The minimum absolute atomic E-state index is 0.151. The van der Waals surface area contributed by atoms with Gasteiger partial charge in [0, 0.05) is 6.04 Å². The van der Waals surface area contributed by atoms with E-state index in [2.05, 4.69) is 12.1 Å². The van der Waals surface area contributed by atoms with Crippen LogP contribution in [-0.4, -0.2) is 40.3 Å². The van der Waals surface area contributed by atoms with Crippen molar-refractivity contribution < 1.29 is 19.4 Å². The second-order valence-electron chi connectivity index (χ2n) is 6.82. The molecule has 1 aliphatic heterocycles. The van der Waals surface area contributed by atoms with Gasteiger partial charge in [-0.25, -0.2) is 9.59 Å². The zero-order chi connectivity index (χ0) is 17.7. The van der Waals surface area contributed by atoms with Crippen molar-refractivity contribution in [1.82, 2.24) is 4.90 Å². The van der Waals surface area contributed by atoms with E-state index in [1.54, 1.807) is 6.92 Å². The number of rotatable bonds is 8. The van der Waals surface area contributed by atoms with Crippen molar-refractivity contribution in [2.45, 2.75) is 64.6 Å². The molecule has 0 spiro atoms. The van der Waals surface area contributed by atoms with Crippen molar-refractivity contribution >= 4 is 12.1 Å². The molecule has 0 aliphatic carbocycles. The Labute approximate surface area is 143 Å². The van der Waals surface area contributed by atoms with Gasteiger partial charge in [-0.1, -0.05) is 50.6 Å². The molecule has 3 atom stereocenters. The molecule has 1 heterocycles. The Morgan fingerprint density at radius 2 is 1.92 bits per heavy atom. The summed E-state index contributed by atoms with van der Waals surface area (Å²) in [5.74, 6) is -0.279. The smallest absolute Gasteiger partial charge is 0.408 e. The highest BCUT2D eigenvalue weighted by Gasteiger charge is 2.48. The Balaban J connectivity index is 1.94. The molecular weight excluding hydrogens is 306 g/mol. The normalized spacial score (nSPS) is 21.1. The van der Waals surface area contributed by atoms with Crippen LogP contribution >= 0.6 is 0 Å². The average molecular weight is 333 g/mol. The number of ether oxygens (including phenoxy) is 1. The third kappa shape index (κ3) is 4.28. The summed E-state index contributed by atoms with van der Waals surface area (Å²) >= 11 is 0. The SMILES string of the molecule is CC(C)C(CCCCc1ccccc1)N(C(=O)O)[C@H]1C(=O)O[C@H]1C. The lowest BCUT2D eigenvalue weighted by molar-refractivity contribution is -0.186. The van der Waals surface area contributed by atoms with Crippen LogP contribution in [0.2, 0.25) is 0 Å². The summed E-state index contributed by atoms with van der Waals surface area (Å²) in [5.41, 5.74) is 1.30. The summed E-state index contributed by atoms with van der Waals surface area (Å²) in [6.45, 7) is 5.76. The molecule has 0 radical (unpaired) electrons. The molecule has 1 amide bonds. The summed E-state index contributed by atoms with van der Waals surface area (Å²) < 4.78 is 4.95. The van der Waals surface area contributed by atoms with Crippen molar-refractivity contribution in [1.29, 1.82) is 0 Å². The van der Waals surface area contributed by atoms with Crippen LogP contribution in [0.5, 0.6) is 0 Å². The number of carbonyl (C=O) groups is 2. The highest BCUT2D eigenvalue weighted by atomic mass is 16.6. The van der Waals surface area contributed by atoms with E-state index in [-0.39, 0.29) is 18.1 Å². The Hall–Kier alpha value is -2.04. The van der Waals surface area contributed by atoms with Crippen LogP contribution in [0, 0.1) is 5.92 Å². The van der Waals surface area contributed by atoms with Gasteiger partial charge in [-0.15, -0.1) is 0 Å². The molecular formula is C19H27NO4. The summed E-state index contributed by atoms with van der Waals surface area (Å²) in [6.07, 6.45) is 2.28. The number of hydrogen-bond acceptors (Lipinski definition) is 3. The van der Waals surface area contributed by atoms with Crippen LogP contribution in [0.25, 0.3) is 0 Å². The summed E-state index contributed by atoms with van der Waals surface area (Å²) in [7, 11) is 0. The largest absolute Gasteiger partial charge is 0.465 e. The van der Waals surface area contributed by atoms with E-state index in [0.29, 0.717) is 0 Å². The predicted molar refractivity (Wildman–Crippen MR) is 91.8 cm³/mol. The molecule has 24 heavy (non-hydrogen) atoms. The molecule has 5 nitrogen and oxygen atoms in total. The van der Waals surface area contributed by atoms with Gasteiger partial charge in [0.25, 0.3) is 0 Å². The van der Waals surface area contributed by atoms with Gasteiger partial charge < -0.3 is 9.84 Å². The van der Waals surface area contributed by atoms with Crippen LogP contribution in [0.4, 0.5) is 4.79 Å². The zero-order valence-corrected chi connectivity index (χ0v) is 14.6. The first-order valence-corrected chi connectivity index (χ1v) is 8.67. The molecule has 0 saturated carbocycles. The fourth-order valence-electron chi connectivity index (χ4n) is 3.36. The van der Waals surface area contributed by atoms with E-state index < -0.39 is 18.1 Å². The summed E-state index contributed by atoms with van der Waals surface area (Å²) in [4.78, 5) is 24.8. The quantitative estimate of drug-likeness (QED) is 0.581. The minimum Gasteiger partial charge on any atom is -0.465 e. The lowest BCUT2D eigenvalue weighted by Gasteiger charge is -2.44. The van der Waals surface area contributed by atoms with Crippen LogP contribution in [0.3, 0.4) is 0 Å². The third-order valence-electron chi connectivity index (χ3n) is 4.69. The summed E-state index contributed by atoms with van der Waals surface area (Å²) in [5, 5.41) is 9.62. The van der Waals surface area contributed by atoms with E-state index in [1.165, 1.54) is 10.5 Å². The van der Waals surface area contributed by atoms with Crippen LogP contribution in [0.1, 0.15) is 45.6 Å². The molecule has 0 bridgehead atoms. The predicted octanol–water partition coefficient (Wildman–Crippen LogP) is 3.72. The number of amides is 1. The number of esters is 1. The standard InChI is InChI=1S/C19H27NO4/c1-13(2)16(12-8-7-11-15-9-5-4-6-10-15)20(19(22)23)17-14(3)24-18(17)21/h4-6,9-10,13-14,16-17H,7-8,11-12H2,1-3H3,(H,22,23)/t14-,16?,17+/m0/s1. The Morgan fingerprint density at radius 1 is 1.25 bits per heavy atom. The van der Waals surface area contributed by atoms with Crippen LogP contribution in [-0.2, 0) is 16.0 Å². The van der Waals surface area contributed by atoms with Gasteiger partial charge >= 0.3 is 12.1 Å². The Kier molecular flexibility index (Phi) is 6.23. The Bertz CT molecular complexity index is 558. The lowest BCUT2D eigenvalue weighted by Crippen LogP contribution is -2.63. The van der Waals surface area contributed by atoms with Gasteiger partial charge in [0.05, 0.1) is 0 Å². The van der Waals surface area contributed by atoms with Gasteiger partial charge in [-0.05, 0) is 37.7 Å². The number of aryl methyl sites for hydroxylation is 1. The molecule has 1 aliphatic rings. The molecule has 1 aromatic rings. The fourth-order valence-corrected chi connectivity index (χ4v) is 3.36. The molecule has 5 heteroatoms. The van der Waals surface area contributed by atoms with E-state index in [1.807, 2.05) is 32.0 Å². The molecule has 1 unspecified atom stereocenters. The highest BCUT2D eigenvalue weighted by Crippen LogP contribution is 2.28. The van der Waals surface area contributed by atoms with Crippen LogP contribution in [0.15, 0.2) is 30.3 Å². The maximum atomic E-state index is 11.7. The number of cyclic esters (lactones) is 1. The van der Waals surface area contributed by atoms with Gasteiger partial charge in [-0.2, -0.15) is 0 Å². The minimum atomic E-state index is -1.04. The molecule has 0 aromatic heterocycles. The topological polar surface area (TPSA) is 66.8 Å². The second-order valence-corrected chi connectivity index (χ2v) is 6.82. The maximum absolute atomic E-state index is 11.7. The van der Waals surface area contributed by atoms with Crippen molar-refractivity contribution in [2.75, 3.05) is 0 Å². The molecule has 1 saturated heterocycles. The first kappa shape index (κ1) is 18.3. The van der Waals surface area contributed by atoms with E-state index in [4.69, 9.17) is 4.74 Å². The number of benzene rings is 1. The second kappa shape index (κ2) is 8.18. The average Bonchev–Trinajstić information content (AvgIpc) is 2.53. The van der Waals surface area contributed by atoms with Gasteiger partial charge in [-0.3, -0.25) is 4.90 Å². The van der Waals surface area contributed by atoms with Gasteiger partial charge in [0.1, 0.15) is 6.10 Å². The number of carbonyl (C=O) groups excluding carboxylic acids is 1. The highest BCUT2D eigenvalue weighted by molar-refractivity contribution is 5.86. The van der Waals surface area contributed by atoms with Gasteiger partial charge in [0.2, 0.25) is 0 Å². The molecule has 132 valence electrons. The summed E-state index contributed by atoms with van der Waals surface area (Å²) in [6, 6.07) is 9.44. The third-order valence-corrected chi connectivity index (χ3v) is 4.69. The van der Waals surface area contributed by atoms with Crippen molar-refractivity contribution in [3.63, 3.8) is 0 Å². The molecule has 2 rings (SSSR count). The van der Waals surface area contributed by atoms with E-state index >= 15 is 0 Å². The molecule has 1 N–H and O–H groups in total. The maximum Gasteiger partial charge on any atom is 0.408 e. The number of hydrogen-bond donors (Lipinski definition) is 1. The zero-order valence-electron chi connectivity index (χ0n) is 14.6. The monoisotopic (exact) mass is 333 g/mol. The molecule has 1 aromatic carbocycles. The first-order chi connectivity index (χ1) is 11.4. The van der Waals surface area contributed by atoms with Crippen molar-refractivity contribution in [3.8, 4) is 0 Å². The van der Waals surface area contributed by atoms with E-state index in [9.17, 15) is 14.7 Å². The lowest BCUT2D eigenvalue weighted by atomic mass is 9.92. The van der Waals surface area contributed by atoms with Crippen molar-refractivity contribution in [2.24, 2.45) is 5.92 Å².